The molecule has 0 aliphatic carbocycles. The van der Waals surface area contributed by atoms with E-state index in [1.165, 1.54) is 12.1 Å². The highest BCUT2D eigenvalue weighted by Crippen LogP contribution is 2.25. The summed E-state index contributed by atoms with van der Waals surface area (Å²) in [5.74, 6) is -1.22. The minimum Gasteiger partial charge on any atom is -0.504 e. The smallest absolute Gasteiger partial charge is 0.504 e. The predicted molar refractivity (Wildman–Crippen MR) is 98.4 cm³/mol. The molecule has 1 aromatic carbocycles. The number of aromatic hydroxyl groups is 2. The second-order valence-electron chi connectivity index (χ2n) is 7.70. The van der Waals surface area contributed by atoms with Crippen LogP contribution in [-0.4, -0.2) is 47.2 Å². The fourth-order valence-corrected chi connectivity index (χ4v) is 1.96. The first-order valence-electron chi connectivity index (χ1n) is 8.69. The number of phenols is 2. The minimum absolute atomic E-state index is 0.113. The highest BCUT2D eigenvalue weighted by molar-refractivity contribution is 5.76. The normalized spacial score (nSPS) is 14.7. The Hall–Kier alpha value is -2.48. The van der Waals surface area contributed by atoms with Gasteiger partial charge in [0.2, 0.25) is 0 Å². The Balaban J connectivity index is 2.49. The molecule has 0 heterocycles. The first-order chi connectivity index (χ1) is 12.4. The van der Waals surface area contributed by atoms with Crippen molar-refractivity contribution in [3.63, 3.8) is 0 Å². The van der Waals surface area contributed by atoms with Crippen molar-refractivity contribution < 1.29 is 34.0 Å². The lowest BCUT2D eigenvalue weighted by molar-refractivity contribution is -0.155. The summed E-state index contributed by atoms with van der Waals surface area (Å²) < 4.78 is 15.3. The SMILES string of the molecule is C[C@H](OC(=O)[C@@H](N)Cc1ccc(O)c(O)c1)[C@@H](C)OC(=O)OCC(C)(C)C. The zero-order chi connectivity index (χ0) is 20.8. The molecule has 27 heavy (non-hydrogen) atoms. The maximum absolute atomic E-state index is 12.1. The zero-order valence-corrected chi connectivity index (χ0v) is 16.4. The molecule has 0 aliphatic heterocycles. The Morgan fingerprint density at radius 3 is 2.22 bits per heavy atom. The van der Waals surface area contributed by atoms with Gasteiger partial charge in [-0.05, 0) is 43.4 Å². The summed E-state index contributed by atoms with van der Waals surface area (Å²) in [5.41, 5.74) is 6.21. The van der Waals surface area contributed by atoms with Gasteiger partial charge in [-0.1, -0.05) is 26.8 Å². The first kappa shape index (κ1) is 22.6. The van der Waals surface area contributed by atoms with Gasteiger partial charge in [0, 0.05) is 0 Å². The van der Waals surface area contributed by atoms with Crippen molar-refractivity contribution in [2.75, 3.05) is 6.61 Å². The number of nitrogens with two attached hydrogens (primary N) is 1. The van der Waals surface area contributed by atoms with Crippen LogP contribution in [-0.2, 0) is 25.4 Å². The standard InChI is InChI=1S/C19H29NO7/c1-11(12(2)27-18(24)25-10-19(3,4)5)26-17(23)14(20)8-13-6-7-15(21)16(22)9-13/h6-7,9,11-12,14,21-22H,8,10,20H2,1-5H3/t11-,12+,14-/m0/s1. The molecule has 0 saturated heterocycles. The third-order valence-electron chi connectivity index (χ3n) is 3.67. The molecule has 0 aromatic heterocycles. The maximum atomic E-state index is 12.1. The van der Waals surface area contributed by atoms with E-state index in [1.54, 1.807) is 19.9 Å². The Morgan fingerprint density at radius 2 is 1.67 bits per heavy atom. The van der Waals surface area contributed by atoms with E-state index in [2.05, 4.69) is 0 Å². The molecule has 3 atom stereocenters. The summed E-state index contributed by atoms with van der Waals surface area (Å²) >= 11 is 0. The van der Waals surface area contributed by atoms with Crippen LogP contribution >= 0.6 is 0 Å². The van der Waals surface area contributed by atoms with Crippen LogP contribution in [0.15, 0.2) is 18.2 Å². The molecule has 8 nitrogen and oxygen atoms in total. The van der Waals surface area contributed by atoms with Gasteiger partial charge in [-0.2, -0.15) is 0 Å². The Bertz CT molecular complexity index is 654. The highest BCUT2D eigenvalue weighted by atomic mass is 16.7. The van der Waals surface area contributed by atoms with E-state index in [-0.39, 0.29) is 29.9 Å². The fourth-order valence-electron chi connectivity index (χ4n) is 1.96. The van der Waals surface area contributed by atoms with Crippen LogP contribution in [0.1, 0.15) is 40.2 Å². The van der Waals surface area contributed by atoms with Crippen LogP contribution in [0.5, 0.6) is 11.5 Å². The Kier molecular flexibility index (Phi) is 7.90. The highest BCUT2D eigenvalue weighted by Gasteiger charge is 2.25. The topological polar surface area (TPSA) is 128 Å². The summed E-state index contributed by atoms with van der Waals surface area (Å²) in [6.07, 6.45) is -2.16. The van der Waals surface area contributed by atoms with Gasteiger partial charge < -0.3 is 30.2 Å². The van der Waals surface area contributed by atoms with Crippen molar-refractivity contribution in [2.24, 2.45) is 11.1 Å². The predicted octanol–water partition coefficient (Wildman–Crippen LogP) is 2.49. The second-order valence-corrected chi connectivity index (χ2v) is 7.70. The van der Waals surface area contributed by atoms with Gasteiger partial charge >= 0.3 is 12.1 Å². The molecule has 0 fully saturated rings. The molecule has 0 spiro atoms. The zero-order valence-electron chi connectivity index (χ0n) is 16.4. The van der Waals surface area contributed by atoms with E-state index in [0.717, 1.165) is 0 Å². The molecule has 152 valence electrons. The number of carbonyl (C=O) groups excluding carboxylic acids is 2. The molecule has 4 N–H and O–H groups in total. The monoisotopic (exact) mass is 383 g/mol. The third-order valence-corrected chi connectivity index (χ3v) is 3.67. The molecule has 8 heteroatoms. The number of benzene rings is 1. The van der Waals surface area contributed by atoms with Crippen molar-refractivity contribution in [3.05, 3.63) is 23.8 Å². The van der Waals surface area contributed by atoms with Gasteiger partial charge in [-0.15, -0.1) is 0 Å². The van der Waals surface area contributed by atoms with Gasteiger partial charge in [0.15, 0.2) is 11.5 Å². The van der Waals surface area contributed by atoms with Crippen LogP contribution in [0.25, 0.3) is 0 Å². The van der Waals surface area contributed by atoms with Crippen molar-refractivity contribution in [2.45, 2.75) is 59.3 Å². The van der Waals surface area contributed by atoms with E-state index in [1.807, 2.05) is 20.8 Å². The number of rotatable bonds is 7. The van der Waals surface area contributed by atoms with Crippen molar-refractivity contribution in [3.8, 4) is 11.5 Å². The first-order valence-corrected chi connectivity index (χ1v) is 8.69. The van der Waals surface area contributed by atoms with Crippen molar-refractivity contribution in [1.29, 1.82) is 0 Å². The van der Waals surface area contributed by atoms with Crippen LogP contribution in [0.4, 0.5) is 4.79 Å². The molecule has 0 amide bonds. The van der Waals surface area contributed by atoms with E-state index in [0.29, 0.717) is 5.56 Å². The van der Waals surface area contributed by atoms with E-state index in [9.17, 15) is 19.8 Å². The van der Waals surface area contributed by atoms with Crippen molar-refractivity contribution in [1.82, 2.24) is 0 Å². The van der Waals surface area contributed by atoms with Gasteiger partial charge in [0.05, 0.1) is 6.61 Å². The van der Waals surface area contributed by atoms with Gasteiger partial charge in [0.1, 0.15) is 18.2 Å². The van der Waals surface area contributed by atoms with Gasteiger partial charge in [0.25, 0.3) is 0 Å². The summed E-state index contributed by atoms with van der Waals surface area (Å²) in [6.45, 7) is 9.13. The number of phenolic OH excluding ortho intramolecular Hbond substituents is 2. The molecular formula is C19H29NO7. The lowest BCUT2D eigenvalue weighted by Gasteiger charge is -2.23. The Morgan fingerprint density at radius 1 is 1.07 bits per heavy atom. The molecule has 0 aliphatic rings. The van der Waals surface area contributed by atoms with Crippen molar-refractivity contribution >= 4 is 12.1 Å². The number of hydrogen-bond acceptors (Lipinski definition) is 8. The van der Waals surface area contributed by atoms with Crippen LogP contribution in [0.3, 0.4) is 0 Å². The van der Waals surface area contributed by atoms with Gasteiger partial charge in [-0.25, -0.2) is 4.79 Å². The largest absolute Gasteiger partial charge is 0.508 e. The van der Waals surface area contributed by atoms with Crippen LogP contribution in [0, 0.1) is 5.41 Å². The third kappa shape index (κ3) is 8.17. The quantitative estimate of drug-likeness (QED) is 0.484. The van der Waals surface area contributed by atoms with Gasteiger partial charge in [-0.3, -0.25) is 4.79 Å². The summed E-state index contributed by atoms with van der Waals surface area (Å²) in [5, 5.41) is 18.8. The second kappa shape index (κ2) is 9.45. The molecule has 1 rings (SSSR count). The fraction of sp³-hybridized carbons (Fsp3) is 0.579. The Labute approximate surface area is 159 Å². The lowest BCUT2D eigenvalue weighted by atomic mass is 9.99. The number of esters is 1. The molecule has 1 aromatic rings. The summed E-state index contributed by atoms with van der Waals surface area (Å²) in [6, 6.07) is 3.20. The molecule has 0 radical (unpaired) electrons. The molecule has 0 saturated carbocycles. The van der Waals surface area contributed by atoms with E-state index >= 15 is 0 Å². The number of carbonyl (C=O) groups is 2. The summed E-state index contributed by atoms with van der Waals surface area (Å²) in [4.78, 5) is 23.8. The number of hydrogen-bond donors (Lipinski definition) is 3. The molecule has 0 bridgehead atoms. The average molecular weight is 383 g/mol. The molecule has 0 unspecified atom stereocenters. The van der Waals surface area contributed by atoms with Crippen LogP contribution in [0.2, 0.25) is 0 Å². The average Bonchev–Trinajstić information content (AvgIpc) is 2.55. The lowest BCUT2D eigenvalue weighted by Crippen LogP contribution is -2.39. The minimum atomic E-state index is -0.976. The summed E-state index contributed by atoms with van der Waals surface area (Å²) in [7, 11) is 0. The van der Waals surface area contributed by atoms with E-state index < -0.39 is 30.4 Å². The van der Waals surface area contributed by atoms with E-state index in [4.69, 9.17) is 19.9 Å². The number of ether oxygens (including phenoxy) is 3. The van der Waals surface area contributed by atoms with Crippen LogP contribution < -0.4 is 5.73 Å². The molecular weight excluding hydrogens is 354 g/mol. The maximum Gasteiger partial charge on any atom is 0.508 e.